The van der Waals surface area contributed by atoms with Crippen LogP contribution in [0.5, 0.6) is 0 Å². The predicted molar refractivity (Wildman–Crippen MR) is 76.2 cm³/mol. The molecule has 0 atom stereocenters. The van der Waals surface area contributed by atoms with Crippen molar-refractivity contribution < 1.29 is 4.79 Å². The summed E-state index contributed by atoms with van der Waals surface area (Å²) in [5.41, 5.74) is 1.75. The molecule has 0 fully saturated rings. The largest absolute Gasteiger partial charge is 0.336 e. The molecule has 1 rings (SSSR count). The number of benzene rings is 1. The number of carbonyl (C=O) groups excluding carboxylic acids is 1. The number of aryl methyl sites for hydroxylation is 1. The highest BCUT2D eigenvalue weighted by Gasteiger charge is 2.15. The van der Waals surface area contributed by atoms with Crippen molar-refractivity contribution in [3.8, 4) is 0 Å². The zero-order valence-corrected chi connectivity index (χ0v) is 12.6. The van der Waals surface area contributed by atoms with Crippen LogP contribution in [0.3, 0.4) is 0 Å². The third-order valence-corrected chi connectivity index (χ3v) is 3.61. The van der Waals surface area contributed by atoms with Crippen LogP contribution >= 0.6 is 39.1 Å². The molecule has 0 unspecified atom stereocenters. The van der Waals surface area contributed by atoms with E-state index < -0.39 is 0 Å². The fourth-order valence-electron chi connectivity index (χ4n) is 1.43. The smallest absolute Gasteiger partial charge is 0.253 e. The molecule has 0 aliphatic heterocycles. The molecule has 0 radical (unpaired) electrons. The topological polar surface area (TPSA) is 20.3 Å². The fraction of sp³-hybridized carbons (Fsp3) is 0.417. The molecule has 94 valence electrons. The molecule has 1 aromatic rings. The maximum absolute atomic E-state index is 12.2. The van der Waals surface area contributed by atoms with Gasteiger partial charge in [-0.05, 0) is 24.6 Å². The molecule has 17 heavy (non-hydrogen) atoms. The van der Waals surface area contributed by atoms with Crippen LogP contribution in [-0.4, -0.2) is 35.7 Å². The van der Waals surface area contributed by atoms with E-state index in [-0.39, 0.29) is 5.91 Å². The quantitative estimate of drug-likeness (QED) is 0.750. The van der Waals surface area contributed by atoms with Crippen molar-refractivity contribution in [2.75, 3.05) is 24.8 Å². The number of amides is 1. The summed E-state index contributed by atoms with van der Waals surface area (Å²) in [6, 6.07) is 5.56. The highest BCUT2D eigenvalue weighted by molar-refractivity contribution is 9.10. The van der Waals surface area contributed by atoms with Gasteiger partial charge in [0.05, 0.1) is 0 Å². The first-order chi connectivity index (χ1) is 8.10. The van der Waals surface area contributed by atoms with E-state index >= 15 is 0 Å². The third-order valence-electron chi connectivity index (χ3n) is 2.41. The number of rotatable bonds is 5. The lowest BCUT2D eigenvalue weighted by Gasteiger charge is -2.20. The van der Waals surface area contributed by atoms with Gasteiger partial charge >= 0.3 is 0 Å². The Morgan fingerprint density at radius 1 is 1.29 bits per heavy atom. The van der Waals surface area contributed by atoms with Crippen LogP contribution in [0.2, 0.25) is 0 Å². The molecule has 0 bridgehead atoms. The number of halogens is 3. The van der Waals surface area contributed by atoms with E-state index in [1.54, 1.807) is 4.90 Å². The minimum Gasteiger partial charge on any atom is -0.336 e. The predicted octanol–water partition coefficient (Wildman–Crippen LogP) is 3.68. The molecule has 0 aliphatic carbocycles. The van der Waals surface area contributed by atoms with Gasteiger partial charge in [-0.25, -0.2) is 0 Å². The Hall–Kier alpha value is -0.250. The lowest BCUT2D eigenvalue weighted by molar-refractivity contribution is 0.0775. The lowest BCUT2D eigenvalue weighted by Crippen LogP contribution is -2.34. The molecule has 1 aromatic carbocycles. The second-order valence-corrected chi connectivity index (χ2v) is 5.24. The number of alkyl halides is 2. The van der Waals surface area contributed by atoms with Gasteiger partial charge in [0, 0.05) is 34.9 Å². The highest BCUT2D eigenvalue weighted by atomic mass is 79.9. The SMILES string of the molecule is Cc1ccc(C(=O)N(CCCl)CCCl)cc1Br. The Morgan fingerprint density at radius 2 is 1.88 bits per heavy atom. The summed E-state index contributed by atoms with van der Waals surface area (Å²) in [5.74, 6) is 0.790. The van der Waals surface area contributed by atoms with Crippen molar-refractivity contribution in [3.05, 3.63) is 33.8 Å². The van der Waals surface area contributed by atoms with Crippen LogP contribution in [0, 0.1) is 6.92 Å². The van der Waals surface area contributed by atoms with Gasteiger partial charge in [-0.1, -0.05) is 22.0 Å². The minimum atomic E-state index is -0.0352. The van der Waals surface area contributed by atoms with Gasteiger partial charge in [0.2, 0.25) is 0 Å². The molecular weight excluding hydrogens is 325 g/mol. The van der Waals surface area contributed by atoms with E-state index in [9.17, 15) is 4.79 Å². The summed E-state index contributed by atoms with van der Waals surface area (Å²) in [6.45, 7) is 3.00. The van der Waals surface area contributed by atoms with Gasteiger partial charge in [0.15, 0.2) is 0 Å². The first-order valence-electron chi connectivity index (χ1n) is 5.27. The van der Waals surface area contributed by atoms with Crippen molar-refractivity contribution in [1.29, 1.82) is 0 Å². The van der Waals surface area contributed by atoms with E-state index in [0.717, 1.165) is 10.0 Å². The number of hydrogen-bond acceptors (Lipinski definition) is 1. The number of nitrogens with zero attached hydrogens (tertiary/aromatic N) is 1. The third kappa shape index (κ3) is 4.16. The number of hydrogen-bond donors (Lipinski definition) is 0. The van der Waals surface area contributed by atoms with Gasteiger partial charge in [-0.2, -0.15) is 0 Å². The van der Waals surface area contributed by atoms with Crippen LogP contribution in [0.1, 0.15) is 15.9 Å². The summed E-state index contributed by atoms with van der Waals surface area (Å²) in [6.07, 6.45) is 0. The normalized spacial score (nSPS) is 10.4. The number of carbonyl (C=O) groups is 1. The highest BCUT2D eigenvalue weighted by Crippen LogP contribution is 2.18. The fourth-order valence-corrected chi connectivity index (χ4v) is 2.21. The molecule has 1 amide bonds. The second-order valence-electron chi connectivity index (χ2n) is 3.63. The molecule has 0 aromatic heterocycles. The molecule has 2 nitrogen and oxygen atoms in total. The van der Waals surface area contributed by atoms with Crippen molar-refractivity contribution in [2.24, 2.45) is 0 Å². The summed E-state index contributed by atoms with van der Waals surface area (Å²) < 4.78 is 0.931. The van der Waals surface area contributed by atoms with Gasteiger partial charge in [0.25, 0.3) is 5.91 Å². The molecule has 0 spiro atoms. The Labute approximate surface area is 120 Å². The Bertz CT molecular complexity index is 392. The van der Waals surface area contributed by atoms with Gasteiger partial charge < -0.3 is 4.90 Å². The van der Waals surface area contributed by atoms with Crippen LogP contribution in [-0.2, 0) is 0 Å². The van der Waals surface area contributed by atoms with Crippen LogP contribution < -0.4 is 0 Å². The molecule has 0 N–H and O–H groups in total. The molecule has 0 aliphatic rings. The molecular formula is C12H14BrCl2NO. The van der Waals surface area contributed by atoms with Crippen molar-refractivity contribution in [3.63, 3.8) is 0 Å². The van der Waals surface area contributed by atoms with Gasteiger partial charge in [-0.3, -0.25) is 4.79 Å². The maximum atomic E-state index is 12.2. The minimum absolute atomic E-state index is 0.0352. The average molecular weight is 339 g/mol. The van der Waals surface area contributed by atoms with E-state index in [1.807, 2.05) is 25.1 Å². The summed E-state index contributed by atoms with van der Waals surface area (Å²) in [4.78, 5) is 13.8. The molecule has 0 heterocycles. The van der Waals surface area contributed by atoms with Crippen molar-refractivity contribution >= 4 is 45.0 Å². The van der Waals surface area contributed by atoms with E-state index in [4.69, 9.17) is 23.2 Å². The average Bonchev–Trinajstić information content (AvgIpc) is 2.31. The zero-order valence-electron chi connectivity index (χ0n) is 9.55. The first-order valence-corrected chi connectivity index (χ1v) is 7.13. The lowest BCUT2D eigenvalue weighted by atomic mass is 10.1. The van der Waals surface area contributed by atoms with Crippen molar-refractivity contribution in [2.45, 2.75) is 6.92 Å². The molecule has 0 saturated carbocycles. The monoisotopic (exact) mass is 337 g/mol. The molecule has 0 saturated heterocycles. The Morgan fingerprint density at radius 3 is 2.35 bits per heavy atom. The molecule has 5 heteroatoms. The van der Waals surface area contributed by atoms with Crippen LogP contribution in [0.25, 0.3) is 0 Å². The van der Waals surface area contributed by atoms with E-state index in [0.29, 0.717) is 30.4 Å². The van der Waals surface area contributed by atoms with Crippen molar-refractivity contribution in [1.82, 2.24) is 4.90 Å². The zero-order chi connectivity index (χ0) is 12.8. The van der Waals surface area contributed by atoms with Crippen LogP contribution in [0.4, 0.5) is 0 Å². The Balaban J connectivity index is 2.88. The van der Waals surface area contributed by atoms with Crippen LogP contribution in [0.15, 0.2) is 22.7 Å². The standard InChI is InChI=1S/C12H14BrCl2NO/c1-9-2-3-10(8-11(9)13)12(17)16(6-4-14)7-5-15/h2-3,8H,4-7H2,1H3. The van der Waals surface area contributed by atoms with E-state index in [2.05, 4.69) is 15.9 Å². The van der Waals surface area contributed by atoms with Gasteiger partial charge in [0.1, 0.15) is 0 Å². The maximum Gasteiger partial charge on any atom is 0.253 e. The van der Waals surface area contributed by atoms with Gasteiger partial charge in [-0.15, -0.1) is 23.2 Å². The van der Waals surface area contributed by atoms with E-state index in [1.165, 1.54) is 0 Å². The summed E-state index contributed by atoms with van der Waals surface area (Å²) >= 11 is 14.8. The Kier molecular flexibility index (Phi) is 6.31. The summed E-state index contributed by atoms with van der Waals surface area (Å²) in [7, 11) is 0. The second kappa shape index (κ2) is 7.24. The summed E-state index contributed by atoms with van der Waals surface area (Å²) in [5, 5.41) is 0. The first kappa shape index (κ1) is 14.8.